The van der Waals surface area contributed by atoms with Crippen molar-refractivity contribution in [2.75, 3.05) is 0 Å². The van der Waals surface area contributed by atoms with Crippen LogP contribution in [0.15, 0.2) is 12.1 Å². The van der Waals surface area contributed by atoms with Crippen molar-refractivity contribution in [3.8, 4) is 0 Å². The van der Waals surface area contributed by atoms with Crippen molar-refractivity contribution in [3.63, 3.8) is 0 Å². The molecule has 0 radical (unpaired) electrons. The van der Waals surface area contributed by atoms with Gasteiger partial charge in [0.1, 0.15) is 5.82 Å². The van der Waals surface area contributed by atoms with Gasteiger partial charge in [0.15, 0.2) is 0 Å². The van der Waals surface area contributed by atoms with E-state index in [1.54, 1.807) is 0 Å². The summed E-state index contributed by atoms with van der Waals surface area (Å²) in [5, 5.41) is 0. The third-order valence-electron chi connectivity index (χ3n) is 8.73. The third-order valence-corrected chi connectivity index (χ3v) is 8.73. The first-order chi connectivity index (χ1) is 14.2. The monoisotopic (exact) mass is 398 g/mol. The number of hydrogen-bond donors (Lipinski definition) is 0. The van der Waals surface area contributed by atoms with Crippen molar-refractivity contribution in [3.05, 3.63) is 34.6 Å². The minimum absolute atomic E-state index is 0.111. The highest BCUT2D eigenvalue weighted by Gasteiger charge is 2.36. The second kappa shape index (κ2) is 9.97. The lowest BCUT2D eigenvalue weighted by atomic mass is 9.63. The minimum Gasteiger partial charge on any atom is -0.207 e. The van der Waals surface area contributed by atoms with E-state index in [1.807, 2.05) is 6.07 Å². The van der Waals surface area contributed by atoms with Gasteiger partial charge in [-0.05, 0) is 104 Å². The van der Waals surface area contributed by atoms with Crippen LogP contribution in [0.1, 0.15) is 120 Å². The second-order valence-electron chi connectivity index (χ2n) is 10.7. The molecule has 0 nitrogen and oxygen atoms in total. The largest absolute Gasteiger partial charge is 0.207 e. The van der Waals surface area contributed by atoms with Crippen LogP contribution in [0.5, 0.6) is 0 Å². The Hall–Kier alpha value is -0.850. The molecule has 5 atom stereocenters. The summed E-state index contributed by atoms with van der Waals surface area (Å²) < 4.78 is 15.0. The fourth-order valence-electron chi connectivity index (χ4n) is 7.04. The van der Waals surface area contributed by atoms with Gasteiger partial charge in [-0.25, -0.2) is 4.39 Å². The first-order valence-electron chi connectivity index (χ1n) is 13.0. The van der Waals surface area contributed by atoms with E-state index in [-0.39, 0.29) is 5.82 Å². The number of fused-ring (bicyclic) bond motifs is 2. The molecule has 3 aliphatic rings. The van der Waals surface area contributed by atoms with Gasteiger partial charge < -0.3 is 0 Å². The van der Waals surface area contributed by atoms with Crippen LogP contribution < -0.4 is 0 Å². The minimum atomic E-state index is 0.111. The summed E-state index contributed by atoms with van der Waals surface area (Å²) in [7, 11) is 0. The van der Waals surface area contributed by atoms with E-state index in [9.17, 15) is 0 Å². The maximum Gasteiger partial charge on any atom is 0.126 e. The van der Waals surface area contributed by atoms with Crippen molar-refractivity contribution in [1.82, 2.24) is 0 Å². The summed E-state index contributed by atoms with van der Waals surface area (Å²) in [5.41, 5.74) is 3.73. The van der Waals surface area contributed by atoms with E-state index in [2.05, 4.69) is 19.9 Å². The number of hydrogen-bond acceptors (Lipinski definition) is 0. The van der Waals surface area contributed by atoms with Crippen molar-refractivity contribution in [2.45, 2.75) is 116 Å². The van der Waals surface area contributed by atoms with E-state index < -0.39 is 0 Å². The van der Waals surface area contributed by atoms with Gasteiger partial charge in [0.05, 0.1) is 0 Å². The standard InChI is InChI=1S/C28H43F/c1-3-5-6-8-21-9-11-23-17-24(14-13-22(23)15-21)26-18-25-12-10-20(7-4-2)16-27(25)28(29)19-26/h18-24H,3-17H2,1-2H3. The van der Waals surface area contributed by atoms with Crippen LogP contribution in [0.3, 0.4) is 0 Å². The molecule has 5 unspecified atom stereocenters. The fraction of sp³-hybridized carbons (Fsp3) is 0.786. The maximum atomic E-state index is 15.0. The Bertz CT molecular complexity index is 663. The summed E-state index contributed by atoms with van der Waals surface area (Å²) >= 11 is 0. The van der Waals surface area contributed by atoms with E-state index in [4.69, 9.17) is 0 Å². The molecule has 1 aromatic rings. The van der Waals surface area contributed by atoms with Crippen molar-refractivity contribution < 1.29 is 4.39 Å². The molecule has 4 rings (SSSR count). The molecule has 162 valence electrons. The highest BCUT2D eigenvalue weighted by Crippen LogP contribution is 2.49. The molecular formula is C28H43F. The molecule has 0 heterocycles. The Morgan fingerprint density at radius 3 is 2.48 bits per heavy atom. The topological polar surface area (TPSA) is 0 Å². The normalized spacial score (nSPS) is 31.9. The lowest BCUT2D eigenvalue weighted by Gasteiger charge is -2.42. The Morgan fingerprint density at radius 1 is 0.828 bits per heavy atom. The molecule has 3 aliphatic carbocycles. The molecule has 0 bridgehead atoms. The molecule has 2 saturated carbocycles. The zero-order valence-corrected chi connectivity index (χ0v) is 19.0. The Morgan fingerprint density at radius 2 is 1.66 bits per heavy atom. The van der Waals surface area contributed by atoms with Crippen LogP contribution >= 0.6 is 0 Å². The van der Waals surface area contributed by atoms with E-state index >= 15 is 4.39 Å². The van der Waals surface area contributed by atoms with Crippen LogP contribution in [0.2, 0.25) is 0 Å². The summed E-state index contributed by atoms with van der Waals surface area (Å²) in [6.07, 6.45) is 19.9. The van der Waals surface area contributed by atoms with Crippen LogP contribution in [-0.2, 0) is 12.8 Å². The molecule has 1 heteroatoms. The van der Waals surface area contributed by atoms with Crippen LogP contribution in [-0.4, -0.2) is 0 Å². The van der Waals surface area contributed by atoms with Gasteiger partial charge in [-0.3, -0.25) is 0 Å². The van der Waals surface area contributed by atoms with E-state index in [1.165, 1.54) is 94.6 Å². The number of rotatable bonds is 7. The Labute approximate surface area is 179 Å². The number of unbranched alkanes of at least 4 members (excludes halogenated alkanes) is 2. The van der Waals surface area contributed by atoms with Gasteiger partial charge in [-0.1, -0.05) is 64.9 Å². The highest BCUT2D eigenvalue weighted by atomic mass is 19.1. The molecule has 0 amide bonds. The number of benzene rings is 1. The first-order valence-corrected chi connectivity index (χ1v) is 13.0. The van der Waals surface area contributed by atoms with Gasteiger partial charge in [-0.15, -0.1) is 0 Å². The van der Waals surface area contributed by atoms with Crippen LogP contribution in [0, 0.1) is 29.5 Å². The quantitative estimate of drug-likeness (QED) is 0.403. The maximum absolute atomic E-state index is 15.0. The first kappa shape index (κ1) is 21.4. The third kappa shape index (κ3) is 5.08. The smallest absolute Gasteiger partial charge is 0.126 e. The van der Waals surface area contributed by atoms with Gasteiger partial charge >= 0.3 is 0 Å². The zero-order valence-electron chi connectivity index (χ0n) is 19.0. The highest BCUT2D eigenvalue weighted by molar-refractivity contribution is 5.37. The molecule has 0 spiro atoms. The van der Waals surface area contributed by atoms with Gasteiger partial charge in [0.25, 0.3) is 0 Å². The molecule has 2 fully saturated rings. The molecule has 0 aromatic heterocycles. The second-order valence-corrected chi connectivity index (χ2v) is 10.7. The van der Waals surface area contributed by atoms with Crippen LogP contribution in [0.25, 0.3) is 0 Å². The van der Waals surface area contributed by atoms with Crippen molar-refractivity contribution in [1.29, 1.82) is 0 Å². The SMILES string of the molecule is CCCCCC1CCC2CC(c3cc(F)c4c(c3)CCC(CCC)C4)CCC2C1. The predicted octanol–water partition coefficient (Wildman–Crippen LogP) is 8.61. The van der Waals surface area contributed by atoms with Crippen molar-refractivity contribution >= 4 is 0 Å². The molecular weight excluding hydrogens is 355 g/mol. The average molecular weight is 399 g/mol. The van der Waals surface area contributed by atoms with Gasteiger partial charge in [0, 0.05) is 0 Å². The molecule has 1 aromatic carbocycles. The molecule has 0 saturated heterocycles. The number of halogens is 1. The molecule has 0 aliphatic heterocycles. The Kier molecular flexibility index (Phi) is 7.35. The van der Waals surface area contributed by atoms with E-state index in [0.29, 0.717) is 11.8 Å². The Balaban J connectivity index is 1.37. The lowest BCUT2D eigenvalue weighted by Crippen LogP contribution is -2.30. The predicted molar refractivity (Wildman–Crippen MR) is 122 cm³/mol. The van der Waals surface area contributed by atoms with Crippen LogP contribution in [0.4, 0.5) is 4.39 Å². The van der Waals surface area contributed by atoms with Gasteiger partial charge in [-0.2, -0.15) is 0 Å². The summed E-state index contributed by atoms with van der Waals surface area (Å²) in [6.45, 7) is 4.56. The van der Waals surface area contributed by atoms with Gasteiger partial charge in [0.2, 0.25) is 0 Å². The summed E-state index contributed by atoms with van der Waals surface area (Å²) in [5.74, 6) is 4.29. The average Bonchev–Trinajstić information content (AvgIpc) is 2.74. The lowest BCUT2D eigenvalue weighted by molar-refractivity contribution is 0.113. The summed E-state index contributed by atoms with van der Waals surface area (Å²) in [6, 6.07) is 4.36. The molecule has 29 heavy (non-hydrogen) atoms. The fourth-order valence-corrected chi connectivity index (χ4v) is 7.04. The zero-order chi connectivity index (χ0) is 20.2. The molecule has 0 N–H and O–H groups in total. The number of aryl methyl sites for hydroxylation is 1. The summed E-state index contributed by atoms with van der Waals surface area (Å²) in [4.78, 5) is 0. The van der Waals surface area contributed by atoms with Crippen molar-refractivity contribution in [2.24, 2.45) is 23.7 Å². The van der Waals surface area contributed by atoms with E-state index in [0.717, 1.165) is 36.2 Å².